The summed E-state index contributed by atoms with van der Waals surface area (Å²) < 4.78 is 0. The molecule has 0 bridgehead atoms. The summed E-state index contributed by atoms with van der Waals surface area (Å²) >= 11 is 19.3. The number of thioether (sulfide) groups is 1. The zero-order valence-corrected chi connectivity index (χ0v) is 23.9. The van der Waals surface area contributed by atoms with Crippen molar-refractivity contribution >= 4 is 81.7 Å². The summed E-state index contributed by atoms with van der Waals surface area (Å²) in [6.45, 7) is 0. The molecule has 0 spiro atoms. The Bertz CT molecular complexity index is 1540. The van der Waals surface area contributed by atoms with Gasteiger partial charge in [-0.15, -0.1) is 11.8 Å². The van der Waals surface area contributed by atoms with E-state index in [4.69, 9.17) is 34.8 Å². The van der Waals surface area contributed by atoms with Crippen molar-refractivity contribution in [3.05, 3.63) is 129 Å². The molecule has 0 saturated carbocycles. The molecular formula is C30H22Cl3N3O3S. The van der Waals surface area contributed by atoms with Gasteiger partial charge in [0.25, 0.3) is 11.8 Å². The van der Waals surface area contributed by atoms with Crippen molar-refractivity contribution in [2.24, 2.45) is 0 Å². The summed E-state index contributed by atoms with van der Waals surface area (Å²) in [6, 6.07) is 27.3. The van der Waals surface area contributed by atoms with Crippen LogP contribution < -0.4 is 16.0 Å². The van der Waals surface area contributed by atoms with Gasteiger partial charge in [0.15, 0.2) is 0 Å². The van der Waals surface area contributed by atoms with E-state index in [0.29, 0.717) is 37.6 Å². The van der Waals surface area contributed by atoms with Crippen molar-refractivity contribution in [1.29, 1.82) is 0 Å². The number of hydrogen-bond donors (Lipinski definition) is 3. The number of anilines is 2. The maximum absolute atomic E-state index is 13.2. The SMILES string of the molecule is O=C(CSc1ccc(NC(=O)/C(=C/c2ccc(Cl)cc2)NC(=O)c2ccccc2)cc1)Nc1ccc(Cl)cc1Cl. The molecule has 0 unspecified atom stereocenters. The third-order valence-corrected chi connectivity index (χ3v) is 7.21. The topological polar surface area (TPSA) is 87.3 Å². The van der Waals surface area contributed by atoms with Crippen LogP contribution in [0, 0.1) is 0 Å². The first kappa shape index (κ1) is 29.2. The molecular weight excluding hydrogens is 589 g/mol. The molecule has 0 saturated heterocycles. The molecule has 4 aromatic rings. The highest BCUT2D eigenvalue weighted by Gasteiger charge is 2.15. The Kier molecular flexibility index (Phi) is 10.3. The lowest BCUT2D eigenvalue weighted by molar-refractivity contribution is -0.114. The van der Waals surface area contributed by atoms with Crippen LogP contribution in [-0.2, 0) is 9.59 Å². The Morgan fingerprint density at radius 2 is 1.43 bits per heavy atom. The van der Waals surface area contributed by atoms with Gasteiger partial charge in [-0.1, -0.05) is 65.1 Å². The van der Waals surface area contributed by atoms with Crippen LogP contribution in [0.5, 0.6) is 0 Å². The van der Waals surface area contributed by atoms with Crippen LogP contribution in [0.3, 0.4) is 0 Å². The fourth-order valence-electron chi connectivity index (χ4n) is 3.43. The lowest BCUT2D eigenvalue weighted by Crippen LogP contribution is -2.30. The van der Waals surface area contributed by atoms with Gasteiger partial charge in [0.05, 0.1) is 16.5 Å². The molecule has 202 valence electrons. The second kappa shape index (κ2) is 14.1. The zero-order chi connectivity index (χ0) is 28.5. The Hall–Kier alpha value is -3.75. The molecule has 0 atom stereocenters. The van der Waals surface area contributed by atoms with Gasteiger partial charge in [-0.25, -0.2) is 0 Å². The molecule has 4 rings (SSSR count). The Morgan fingerprint density at radius 1 is 0.750 bits per heavy atom. The second-order valence-corrected chi connectivity index (χ2v) is 10.7. The second-order valence-electron chi connectivity index (χ2n) is 8.37. The predicted molar refractivity (Wildman–Crippen MR) is 164 cm³/mol. The quantitative estimate of drug-likeness (QED) is 0.133. The Balaban J connectivity index is 1.40. The maximum atomic E-state index is 13.2. The summed E-state index contributed by atoms with van der Waals surface area (Å²) in [7, 11) is 0. The van der Waals surface area contributed by atoms with Crippen LogP contribution in [0.15, 0.2) is 108 Å². The van der Waals surface area contributed by atoms with E-state index in [-0.39, 0.29) is 17.4 Å². The molecule has 0 aliphatic rings. The molecule has 0 aliphatic carbocycles. The molecule has 0 fully saturated rings. The number of amides is 3. The molecule has 0 radical (unpaired) electrons. The van der Waals surface area contributed by atoms with E-state index in [1.54, 1.807) is 103 Å². The van der Waals surface area contributed by atoms with E-state index < -0.39 is 11.8 Å². The monoisotopic (exact) mass is 609 g/mol. The predicted octanol–water partition coefficient (Wildman–Crippen LogP) is 7.79. The van der Waals surface area contributed by atoms with E-state index in [9.17, 15) is 14.4 Å². The molecule has 3 amide bonds. The molecule has 40 heavy (non-hydrogen) atoms. The highest BCUT2D eigenvalue weighted by molar-refractivity contribution is 8.00. The average Bonchev–Trinajstić information content (AvgIpc) is 2.95. The maximum Gasteiger partial charge on any atom is 0.272 e. The zero-order valence-electron chi connectivity index (χ0n) is 20.8. The van der Waals surface area contributed by atoms with Crippen molar-refractivity contribution in [1.82, 2.24) is 5.32 Å². The number of carbonyl (C=O) groups is 3. The molecule has 6 nitrogen and oxygen atoms in total. The van der Waals surface area contributed by atoms with E-state index in [0.717, 1.165) is 4.90 Å². The Morgan fingerprint density at radius 3 is 2.10 bits per heavy atom. The van der Waals surface area contributed by atoms with Gasteiger partial charge in [-0.2, -0.15) is 0 Å². The van der Waals surface area contributed by atoms with Crippen LogP contribution in [0.1, 0.15) is 15.9 Å². The van der Waals surface area contributed by atoms with Crippen LogP contribution in [0.25, 0.3) is 6.08 Å². The van der Waals surface area contributed by atoms with Crippen LogP contribution in [0.4, 0.5) is 11.4 Å². The first-order valence-electron chi connectivity index (χ1n) is 11.9. The van der Waals surface area contributed by atoms with Crippen molar-refractivity contribution in [3.63, 3.8) is 0 Å². The molecule has 0 aromatic heterocycles. The molecule has 10 heteroatoms. The van der Waals surface area contributed by atoms with Crippen LogP contribution in [-0.4, -0.2) is 23.5 Å². The molecule has 3 N–H and O–H groups in total. The third kappa shape index (κ3) is 8.63. The first-order chi connectivity index (χ1) is 19.3. The number of halogens is 3. The van der Waals surface area contributed by atoms with Crippen molar-refractivity contribution in [2.75, 3.05) is 16.4 Å². The van der Waals surface area contributed by atoms with Gasteiger partial charge >= 0.3 is 0 Å². The number of nitrogens with one attached hydrogen (secondary N) is 3. The summed E-state index contributed by atoms with van der Waals surface area (Å²) in [6.07, 6.45) is 1.57. The third-order valence-electron chi connectivity index (χ3n) is 5.40. The minimum Gasteiger partial charge on any atom is -0.324 e. The highest BCUT2D eigenvalue weighted by atomic mass is 35.5. The first-order valence-corrected chi connectivity index (χ1v) is 14.0. The normalized spacial score (nSPS) is 11.0. The van der Waals surface area contributed by atoms with Crippen LogP contribution in [0.2, 0.25) is 15.1 Å². The molecule has 0 heterocycles. The Labute approximate surface area is 250 Å². The van der Waals surface area contributed by atoms with E-state index in [1.165, 1.54) is 11.8 Å². The smallest absolute Gasteiger partial charge is 0.272 e. The van der Waals surface area contributed by atoms with Crippen molar-refractivity contribution < 1.29 is 14.4 Å². The number of benzene rings is 4. The van der Waals surface area contributed by atoms with Gasteiger partial charge in [0, 0.05) is 26.2 Å². The van der Waals surface area contributed by atoms with Crippen molar-refractivity contribution in [3.8, 4) is 0 Å². The van der Waals surface area contributed by atoms with E-state index in [2.05, 4.69) is 16.0 Å². The lowest BCUT2D eigenvalue weighted by Gasteiger charge is -2.12. The summed E-state index contributed by atoms with van der Waals surface area (Å²) in [5, 5.41) is 9.65. The average molecular weight is 611 g/mol. The van der Waals surface area contributed by atoms with Crippen LogP contribution >= 0.6 is 46.6 Å². The molecule has 0 aliphatic heterocycles. The van der Waals surface area contributed by atoms with Crippen molar-refractivity contribution in [2.45, 2.75) is 4.90 Å². The fourth-order valence-corrected chi connectivity index (χ4v) is 4.71. The number of rotatable bonds is 9. The largest absolute Gasteiger partial charge is 0.324 e. The van der Waals surface area contributed by atoms with Gasteiger partial charge in [-0.3, -0.25) is 14.4 Å². The minimum atomic E-state index is -0.501. The summed E-state index contributed by atoms with van der Waals surface area (Å²) in [4.78, 5) is 39.1. The standard InChI is InChI=1S/C30H22Cl3N3O3S/c31-21-8-6-19(7-9-21)16-27(36-29(38)20-4-2-1-3-5-20)30(39)34-23-11-13-24(14-12-23)40-18-28(37)35-26-15-10-22(32)17-25(26)33/h1-17H,18H2,(H,34,39)(H,35,37)(H,36,38)/b27-16-. The van der Waals surface area contributed by atoms with Gasteiger partial charge in [-0.05, 0) is 78.4 Å². The van der Waals surface area contributed by atoms with E-state index in [1.807, 2.05) is 0 Å². The van der Waals surface area contributed by atoms with Gasteiger partial charge in [0.2, 0.25) is 5.91 Å². The van der Waals surface area contributed by atoms with Gasteiger partial charge < -0.3 is 16.0 Å². The fraction of sp³-hybridized carbons (Fsp3) is 0.0333. The highest BCUT2D eigenvalue weighted by Crippen LogP contribution is 2.26. The van der Waals surface area contributed by atoms with Gasteiger partial charge in [0.1, 0.15) is 5.70 Å². The number of hydrogen-bond acceptors (Lipinski definition) is 4. The summed E-state index contributed by atoms with van der Waals surface area (Å²) in [5.41, 5.74) is 2.17. The number of carbonyl (C=O) groups excluding carboxylic acids is 3. The molecule has 4 aromatic carbocycles. The van der Waals surface area contributed by atoms with E-state index >= 15 is 0 Å². The minimum absolute atomic E-state index is 0.0622. The summed E-state index contributed by atoms with van der Waals surface area (Å²) in [5.74, 6) is -0.984. The lowest BCUT2D eigenvalue weighted by atomic mass is 10.1.